The van der Waals surface area contributed by atoms with Crippen molar-refractivity contribution in [2.45, 2.75) is 40.5 Å². The van der Waals surface area contributed by atoms with Crippen molar-refractivity contribution in [1.82, 2.24) is 0 Å². The predicted octanol–water partition coefficient (Wildman–Crippen LogP) is 5.35. The van der Waals surface area contributed by atoms with E-state index in [2.05, 4.69) is 0 Å². The van der Waals surface area contributed by atoms with Crippen molar-refractivity contribution in [3.8, 4) is 17.2 Å². The number of alkyl halides is 1. The quantitative estimate of drug-likeness (QED) is 0.498. The summed E-state index contributed by atoms with van der Waals surface area (Å²) >= 11 is 5.70. The second-order valence-corrected chi connectivity index (χ2v) is 6.89. The number of hydrogen-bond acceptors (Lipinski definition) is 3. The Morgan fingerprint density at radius 1 is 0.962 bits per heavy atom. The molecule has 2 aromatic carbocycles. The lowest BCUT2D eigenvalue weighted by molar-refractivity contribution is -0.136. The number of hydrogen-bond donors (Lipinski definition) is 1. The molecule has 26 heavy (non-hydrogen) atoms. The highest BCUT2D eigenvalue weighted by molar-refractivity contribution is 6.17. The third kappa shape index (κ3) is 5.15. The van der Waals surface area contributed by atoms with E-state index in [1.165, 1.54) is 0 Å². The summed E-state index contributed by atoms with van der Waals surface area (Å²) in [6.45, 7) is 8.43. The van der Waals surface area contributed by atoms with Crippen LogP contribution in [0.2, 0.25) is 0 Å². The molecule has 0 spiro atoms. The molecule has 0 atom stereocenters. The van der Waals surface area contributed by atoms with Crippen molar-refractivity contribution < 1.29 is 19.4 Å². The van der Waals surface area contributed by atoms with Crippen molar-refractivity contribution in [1.29, 1.82) is 0 Å². The van der Waals surface area contributed by atoms with Gasteiger partial charge in [-0.05, 0) is 74.1 Å². The number of carboxylic acids is 1. The van der Waals surface area contributed by atoms with E-state index in [-0.39, 0.29) is 6.42 Å². The van der Waals surface area contributed by atoms with Gasteiger partial charge in [0, 0.05) is 5.88 Å². The van der Waals surface area contributed by atoms with Crippen LogP contribution in [0.5, 0.6) is 17.2 Å². The normalized spacial score (nSPS) is 10.7. The van der Waals surface area contributed by atoms with Crippen LogP contribution in [0.3, 0.4) is 0 Å². The third-order valence-corrected chi connectivity index (χ3v) is 4.32. The summed E-state index contributed by atoms with van der Waals surface area (Å²) in [7, 11) is 0. The molecule has 0 fully saturated rings. The molecule has 1 N–H and O–H groups in total. The Morgan fingerprint density at radius 2 is 1.50 bits per heavy atom. The zero-order valence-electron chi connectivity index (χ0n) is 15.7. The Kier molecular flexibility index (Phi) is 6.92. The molecule has 0 unspecified atom stereocenters. The van der Waals surface area contributed by atoms with Crippen LogP contribution in [0.4, 0.5) is 0 Å². The molecule has 4 nitrogen and oxygen atoms in total. The largest absolute Gasteiger partial charge is 0.493 e. The standard InChI is InChI=1S/C21H25ClO4/c1-13-8-17(12-19(23)24)9-14(2)21(13)26-18-10-15(3)20(16(4)11-18)25-7-5-6-22/h8-11H,5-7,12H2,1-4H3,(H,23,24). The van der Waals surface area contributed by atoms with Crippen LogP contribution in [0.15, 0.2) is 24.3 Å². The van der Waals surface area contributed by atoms with Gasteiger partial charge < -0.3 is 14.6 Å². The van der Waals surface area contributed by atoms with Crippen molar-refractivity contribution in [3.05, 3.63) is 52.1 Å². The molecule has 0 saturated carbocycles. The van der Waals surface area contributed by atoms with Gasteiger partial charge in [0.05, 0.1) is 13.0 Å². The molecule has 0 aliphatic rings. The van der Waals surface area contributed by atoms with Crippen LogP contribution < -0.4 is 9.47 Å². The number of aryl methyl sites for hydroxylation is 4. The minimum absolute atomic E-state index is 0.00845. The molecule has 0 bridgehead atoms. The fourth-order valence-electron chi connectivity index (χ4n) is 3.02. The highest BCUT2D eigenvalue weighted by Crippen LogP contribution is 2.34. The minimum Gasteiger partial charge on any atom is -0.493 e. The van der Waals surface area contributed by atoms with Crippen molar-refractivity contribution in [2.24, 2.45) is 0 Å². The van der Waals surface area contributed by atoms with E-state index in [0.717, 1.165) is 51.5 Å². The summed E-state index contributed by atoms with van der Waals surface area (Å²) in [5.41, 5.74) is 4.62. The zero-order valence-corrected chi connectivity index (χ0v) is 16.4. The molecule has 2 rings (SSSR count). The van der Waals surface area contributed by atoms with Crippen LogP contribution in [0, 0.1) is 27.7 Å². The molecule has 0 aliphatic heterocycles. The average molecular weight is 377 g/mol. The summed E-state index contributed by atoms with van der Waals surface area (Å²) in [5, 5.41) is 8.97. The highest BCUT2D eigenvalue weighted by Gasteiger charge is 2.12. The molecule has 2 aromatic rings. The van der Waals surface area contributed by atoms with E-state index >= 15 is 0 Å². The summed E-state index contributed by atoms with van der Waals surface area (Å²) in [5.74, 6) is 2.10. The topological polar surface area (TPSA) is 55.8 Å². The molecular formula is C21H25ClO4. The van der Waals surface area contributed by atoms with Gasteiger partial charge in [0.15, 0.2) is 0 Å². The molecule has 140 valence electrons. The first-order chi connectivity index (χ1) is 12.3. The molecule has 0 amide bonds. The second-order valence-electron chi connectivity index (χ2n) is 6.51. The first-order valence-electron chi connectivity index (χ1n) is 8.61. The van der Waals surface area contributed by atoms with Gasteiger partial charge in [0.2, 0.25) is 0 Å². The summed E-state index contributed by atoms with van der Waals surface area (Å²) in [6, 6.07) is 7.62. The van der Waals surface area contributed by atoms with Gasteiger partial charge in [-0.2, -0.15) is 0 Å². The number of rotatable bonds is 8. The molecule has 5 heteroatoms. The number of benzene rings is 2. The molecule has 0 aromatic heterocycles. The minimum atomic E-state index is -0.839. The number of carbonyl (C=O) groups is 1. The summed E-state index contributed by atoms with van der Waals surface area (Å²) in [6.07, 6.45) is 0.814. The van der Waals surface area contributed by atoms with E-state index < -0.39 is 5.97 Å². The molecule has 0 saturated heterocycles. The van der Waals surface area contributed by atoms with Gasteiger partial charge in [-0.3, -0.25) is 4.79 Å². The maximum Gasteiger partial charge on any atom is 0.307 e. The maximum atomic E-state index is 10.9. The van der Waals surface area contributed by atoms with Gasteiger partial charge in [-0.25, -0.2) is 0 Å². The summed E-state index contributed by atoms with van der Waals surface area (Å²) in [4.78, 5) is 10.9. The molecule has 0 radical (unpaired) electrons. The Balaban J connectivity index is 2.24. The third-order valence-electron chi connectivity index (χ3n) is 4.05. The second kappa shape index (κ2) is 8.95. The van der Waals surface area contributed by atoms with Gasteiger partial charge in [0.1, 0.15) is 17.2 Å². The monoisotopic (exact) mass is 376 g/mol. The molecular weight excluding hydrogens is 352 g/mol. The van der Waals surface area contributed by atoms with Crippen molar-refractivity contribution in [2.75, 3.05) is 12.5 Å². The van der Waals surface area contributed by atoms with Crippen LogP contribution >= 0.6 is 11.6 Å². The first-order valence-corrected chi connectivity index (χ1v) is 9.15. The van der Waals surface area contributed by atoms with Gasteiger partial charge in [-0.15, -0.1) is 11.6 Å². The SMILES string of the molecule is Cc1cc(Oc2c(C)cc(CC(=O)O)cc2C)cc(C)c1OCCCCl. The maximum absolute atomic E-state index is 10.9. The van der Waals surface area contributed by atoms with E-state index in [9.17, 15) is 4.79 Å². The smallest absolute Gasteiger partial charge is 0.307 e. The van der Waals surface area contributed by atoms with E-state index in [1.807, 2.05) is 52.0 Å². The van der Waals surface area contributed by atoms with Gasteiger partial charge >= 0.3 is 5.97 Å². The lowest BCUT2D eigenvalue weighted by Crippen LogP contribution is -2.03. The highest BCUT2D eigenvalue weighted by atomic mass is 35.5. The van der Waals surface area contributed by atoms with Crippen LogP contribution in [-0.2, 0) is 11.2 Å². The Morgan fingerprint density at radius 3 is 2.00 bits per heavy atom. The average Bonchev–Trinajstić information content (AvgIpc) is 2.53. The lowest BCUT2D eigenvalue weighted by Gasteiger charge is -2.17. The van der Waals surface area contributed by atoms with Crippen molar-refractivity contribution in [3.63, 3.8) is 0 Å². The first kappa shape index (κ1) is 20.1. The number of carboxylic acid groups (broad SMARTS) is 1. The van der Waals surface area contributed by atoms with E-state index in [0.29, 0.717) is 12.5 Å². The molecule has 0 aliphatic carbocycles. The van der Waals surface area contributed by atoms with Gasteiger partial charge in [-0.1, -0.05) is 12.1 Å². The van der Waals surface area contributed by atoms with Crippen LogP contribution in [-0.4, -0.2) is 23.6 Å². The van der Waals surface area contributed by atoms with Crippen LogP contribution in [0.25, 0.3) is 0 Å². The summed E-state index contributed by atoms with van der Waals surface area (Å²) < 4.78 is 11.9. The predicted molar refractivity (Wildman–Crippen MR) is 104 cm³/mol. The Labute approximate surface area is 159 Å². The Bertz CT molecular complexity index is 753. The number of aliphatic carboxylic acids is 1. The lowest BCUT2D eigenvalue weighted by atomic mass is 10.0. The molecule has 0 heterocycles. The number of halogens is 1. The van der Waals surface area contributed by atoms with E-state index in [1.54, 1.807) is 0 Å². The fourth-order valence-corrected chi connectivity index (χ4v) is 3.13. The fraction of sp³-hybridized carbons (Fsp3) is 0.381. The zero-order chi connectivity index (χ0) is 19.3. The van der Waals surface area contributed by atoms with Crippen LogP contribution in [0.1, 0.15) is 34.2 Å². The number of ether oxygens (including phenoxy) is 2. The van der Waals surface area contributed by atoms with Gasteiger partial charge in [0.25, 0.3) is 0 Å². The van der Waals surface area contributed by atoms with E-state index in [4.69, 9.17) is 26.2 Å². The van der Waals surface area contributed by atoms with Crippen molar-refractivity contribution >= 4 is 17.6 Å². The Hall–Kier alpha value is -2.20.